The Labute approximate surface area is 198 Å². The molecule has 3 aromatic rings. The van der Waals surface area contributed by atoms with Crippen LogP contribution in [-0.4, -0.2) is 64.2 Å². The van der Waals surface area contributed by atoms with Gasteiger partial charge in [0.15, 0.2) is 17.0 Å². The predicted octanol–water partition coefficient (Wildman–Crippen LogP) is 3.25. The zero-order valence-electron chi connectivity index (χ0n) is 20.0. The predicted molar refractivity (Wildman–Crippen MR) is 126 cm³/mol. The SMILES string of the molecule is CCC(C)CC(Nc1nc(-n2cc(C(=O)O)cn2)nc2c1ncn2C1CC[C@@H](CO)O1)C(C)C. The van der Waals surface area contributed by atoms with Gasteiger partial charge in [0.25, 0.3) is 5.95 Å². The lowest BCUT2D eigenvalue weighted by atomic mass is 9.92. The number of aromatic carboxylic acids is 1. The normalized spacial score (nSPS) is 20.2. The fraction of sp³-hybridized carbons (Fsp3) is 0.609. The van der Waals surface area contributed by atoms with Crippen molar-refractivity contribution in [2.24, 2.45) is 11.8 Å². The molecule has 34 heavy (non-hydrogen) atoms. The second-order valence-electron chi connectivity index (χ2n) is 9.39. The Hall–Kier alpha value is -3.05. The van der Waals surface area contributed by atoms with E-state index in [-0.39, 0.29) is 36.5 Å². The number of hydrogen-bond donors (Lipinski definition) is 3. The van der Waals surface area contributed by atoms with Crippen molar-refractivity contribution in [1.29, 1.82) is 0 Å². The number of carbonyl (C=O) groups is 1. The smallest absolute Gasteiger partial charge is 0.338 e. The van der Waals surface area contributed by atoms with E-state index in [9.17, 15) is 15.0 Å². The molecule has 1 saturated heterocycles. The molecule has 4 heterocycles. The van der Waals surface area contributed by atoms with Gasteiger partial charge in [-0.15, -0.1) is 0 Å². The fourth-order valence-electron chi connectivity index (χ4n) is 4.16. The summed E-state index contributed by atoms with van der Waals surface area (Å²) in [5, 5.41) is 26.5. The molecular weight excluding hydrogens is 438 g/mol. The van der Waals surface area contributed by atoms with Crippen molar-refractivity contribution in [2.75, 3.05) is 11.9 Å². The number of fused-ring (bicyclic) bond motifs is 1. The van der Waals surface area contributed by atoms with E-state index in [1.54, 1.807) is 6.33 Å². The number of nitrogens with one attached hydrogen (secondary N) is 1. The lowest BCUT2D eigenvalue weighted by Crippen LogP contribution is -2.28. The second-order valence-corrected chi connectivity index (χ2v) is 9.39. The molecule has 3 aromatic heterocycles. The fourth-order valence-corrected chi connectivity index (χ4v) is 4.16. The molecule has 4 atom stereocenters. The average molecular weight is 472 g/mol. The number of carboxylic acid groups (broad SMARTS) is 1. The monoisotopic (exact) mass is 471 g/mol. The van der Waals surface area contributed by atoms with E-state index >= 15 is 0 Å². The first-order valence-corrected chi connectivity index (χ1v) is 11.9. The molecule has 0 spiro atoms. The van der Waals surface area contributed by atoms with Crippen LogP contribution in [0.1, 0.15) is 70.0 Å². The minimum Gasteiger partial charge on any atom is -0.478 e. The van der Waals surface area contributed by atoms with Gasteiger partial charge in [0, 0.05) is 12.2 Å². The van der Waals surface area contributed by atoms with Crippen LogP contribution in [0.3, 0.4) is 0 Å². The Morgan fingerprint density at radius 2 is 2.09 bits per heavy atom. The number of aliphatic hydroxyl groups excluding tert-OH is 1. The first-order chi connectivity index (χ1) is 16.3. The van der Waals surface area contributed by atoms with Crippen LogP contribution in [0.4, 0.5) is 5.82 Å². The maximum atomic E-state index is 11.4. The number of hydrogen-bond acceptors (Lipinski definition) is 8. The van der Waals surface area contributed by atoms with Crippen LogP contribution < -0.4 is 5.32 Å². The summed E-state index contributed by atoms with van der Waals surface area (Å²) in [6.07, 6.45) is 7.36. The molecule has 1 aliphatic rings. The van der Waals surface area contributed by atoms with E-state index in [4.69, 9.17) is 9.72 Å². The minimum absolute atomic E-state index is 0.0346. The van der Waals surface area contributed by atoms with E-state index in [0.717, 1.165) is 25.7 Å². The number of rotatable bonds is 10. The minimum atomic E-state index is -1.07. The van der Waals surface area contributed by atoms with Crippen LogP contribution >= 0.6 is 0 Å². The maximum absolute atomic E-state index is 11.4. The standard InChI is InChI=1S/C23H33N7O4/c1-5-14(4)8-17(13(2)3)26-20-19-21(29(12-24-19)18-7-6-16(11-31)34-18)28-23(27-20)30-10-15(9-25-30)22(32)33/h9-10,12-14,16-18,31H,5-8,11H2,1-4H3,(H,32,33)(H,26,27,28)/t14?,16-,17?,18?/m0/s1. The van der Waals surface area contributed by atoms with Crippen LogP contribution in [0.2, 0.25) is 0 Å². The van der Waals surface area contributed by atoms with Gasteiger partial charge in [-0.3, -0.25) is 4.57 Å². The number of nitrogens with zero attached hydrogens (tertiary/aromatic N) is 6. The Morgan fingerprint density at radius 3 is 2.71 bits per heavy atom. The number of aliphatic hydroxyl groups is 1. The van der Waals surface area contributed by atoms with E-state index < -0.39 is 5.97 Å². The van der Waals surface area contributed by atoms with Gasteiger partial charge in [-0.2, -0.15) is 15.1 Å². The summed E-state index contributed by atoms with van der Waals surface area (Å²) in [6, 6.07) is 0.166. The van der Waals surface area contributed by atoms with Crippen LogP contribution in [0.25, 0.3) is 17.1 Å². The molecule has 0 aliphatic carbocycles. The molecule has 0 radical (unpaired) electrons. The van der Waals surface area contributed by atoms with Crippen molar-refractivity contribution in [2.45, 2.75) is 71.8 Å². The molecule has 11 heteroatoms. The van der Waals surface area contributed by atoms with Gasteiger partial charge in [0.05, 0.1) is 30.8 Å². The quantitative estimate of drug-likeness (QED) is 0.406. The van der Waals surface area contributed by atoms with Gasteiger partial charge in [0.2, 0.25) is 0 Å². The molecule has 184 valence electrons. The molecule has 4 rings (SSSR count). The zero-order valence-corrected chi connectivity index (χ0v) is 20.0. The topological polar surface area (TPSA) is 140 Å². The summed E-state index contributed by atoms with van der Waals surface area (Å²) < 4.78 is 9.17. The van der Waals surface area contributed by atoms with E-state index in [2.05, 4.69) is 48.1 Å². The van der Waals surface area contributed by atoms with Crippen molar-refractivity contribution < 1.29 is 19.7 Å². The number of ether oxygens (including phenoxy) is 1. The first-order valence-electron chi connectivity index (χ1n) is 11.9. The highest BCUT2D eigenvalue weighted by atomic mass is 16.5. The Bertz CT molecular complexity index is 1140. The van der Waals surface area contributed by atoms with Gasteiger partial charge < -0.3 is 20.3 Å². The van der Waals surface area contributed by atoms with Crippen molar-refractivity contribution in [1.82, 2.24) is 29.3 Å². The molecule has 0 aromatic carbocycles. The van der Waals surface area contributed by atoms with Crippen molar-refractivity contribution >= 4 is 23.0 Å². The summed E-state index contributed by atoms with van der Waals surface area (Å²) in [5.41, 5.74) is 1.23. The van der Waals surface area contributed by atoms with Gasteiger partial charge in [-0.1, -0.05) is 34.1 Å². The molecule has 1 fully saturated rings. The molecular formula is C23H33N7O4. The first kappa shape index (κ1) is 24.1. The van der Waals surface area contributed by atoms with Gasteiger partial charge in [0.1, 0.15) is 6.23 Å². The Balaban J connectivity index is 1.78. The summed E-state index contributed by atoms with van der Waals surface area (Å²) in [5.74, 6) is 0.646. The molecule has 3 unspecified atom stereocenters. The summed E-state index contributed by atoms with van der Waals surface area (Å²) in [4.78, 5) is 25.3. The highest BCUT2D eigenvalue weighted by Crippen LogP contribution is 2.32. The maximum Gasteiger partial charge on any atom is 0.338 e. The number of carboxylic acids is 1. The number of anilines is 1. The van der Waals surface area contributed by atoms with Crippen molar-refractivity contribution in [3.05, 3.63) is 24.3 Å². The zero-order chi connectivity index (χ0) is 24.4. The average Bonchev–Trinajstić information content (AvgIpc) is 3.56. The van der Waals surface area contributed by atoms with E-state index in [1.165, 1.54) is 17.1 Å². The summed E-state index contributed by atoms with van der Waals surface area (Å²) >= 11 is 0. The largest absolute Gasteiger partial charge is 0.478 e. The molecule has 0 bridgehead atoms. The van der Waals surface area contributed by atoms with Crippen LogP contribution in [0.15, 0.2) is 18.7 Å². The molecule has 3 N–H and O–H groups in total. The van der Waals surface area contributed by atoms with Crippen LogP contribution in [0, 0.1) is 11.8 Å². The lowest BCUT2D eigenvalue weighted by molar-refractivity contribution is -0.0207. The van der Waals surface area contributed by atoms with Gasteiger partial charge in [-0.05, 0) is 31.1 Å². The van der Waals surface area contributed by atoms with Crippen LogP contribution in [0.5, 0.6) is 0 Å². The van der Waals surface area contributed by atoms with E-state index in [0.29, 0.717) is 28.8 Å². The lowest BCUT2D eigenvalue weighted by Gasteiger charge is -2.26. The number of aromatic nitrogens is 6. The van der Waals surface area contributed by atoms with Gasteiger partial charge in [-0.25, -0.2) is 14.5 Å². The number of imidazole rings is 1. The molecule has 1 aliphatic heterocycles. The van der Waals surface area contributed by atoms with E-state index in [1.807, 2.05) is 4.57 Å². The van der Waals surface area contributed by atoms with Crippen molar-refractivity contribution in [3.63, 3.8) is 0 Å². The third-order valence-electron chi connectivity index (χ3n) is 6.52. The molecule has 0 saturated carbocycles. The summed E-state index contributed by atoms with van der Waals surface area (Å²) in [7, 11) is 0. The molecule has 0 amide bonds. The highest BCUT2D eigenvalue weighted by Gasteiger charge is 2.29. The summed E-state index contributed by atoms with van der Waals surface area (Å²) in [6.45, 7) is 8.73. The van der Waals surface area contributed by atoms with Gasteiger partial charge >= 0.3 is 5.97 Å². The van der Waals surface area contributed by atoms with Crippen molar-refractivity contribution in [3.8, 4) is 5.95 Å². The third kappa shape index (κ3) is 4.90. The highest BCUT2D eigenvalue weighted by molar-refractivity contribution is 5.87. The van der Waals surface area contributed by atoms with Crippen LogP contribution in [-0.2, 0) is 4.74 Å². The second kappa shape index (κ2) is 10.1. The molecule has 11 nitrogen and oxygen atoms in total. The Kier molecular flexibility index (Phi) is 7.13. The third-order valence-corrected chi connectivity index (χ3v) is 6.52. The Morgan fingerprint density at radius 1 is 1.29 bits per heavy atom.